The maximum absolute atomic E-state index is 5.88. The van der Waals surface area contributed by atoms with E-state index in [4.69, 9.17) is 4.42 Å². The van der Waals surface area contributed by atoms with Crippen LogP contribution in [0.5, 0.6) is 0 Å². The molecule has 4 heteroatoms. The van der Waals surface area contributed by atoms with Gasteiger partial charge in [0.05, 0.1) is 6.20 Å². The molecule has 1 aromatic carbocycles. The summed E-state index contributed by atoms with van der Waals surface area (Å²) in [6.45, 7) is 9.57. The normalized spacial score (nSPS) is 11.9. The summed E-state index contributed by atoms with van der Waals surface area (Å²) < 4.78 is 6.93. The lowest BCUT2D eigenvalue weighted by molar-refractivity contribution is 0.412. The Labute approximate surface area is 135 Å². The van der Waals surface area contributed by atoms with Gasteiger partial charge in [-0.15, -0.1) is 0 Å². The largest absolute Gasteiger partial charge is 0.441 e. The third-order valence-corrected chi connectivity index (χ3v) is 3.73. The SMILES string of the molecule is Cc1ccc(Br)cc1-c1cnc(CCCNC(C)(C)C)o1. The average molecular weight is 351 g/mol. The van der Waals surface area contributed by atoms with Crippen LogP contribution in [0.4, 0.5) is 0 Å². The van der Waals surface area contributed by atoms with E-state index in [1.807, 2.05) is 12.3 Å². The van der Waals surface area contributed by atoms with E-state index in [1.165, 1.54) is 5.56 Å². The van der Waals surface area contributed by atoms with Crippen LogP contribution in [0.15, 0.2) is 33.3 Å². The van der Waals surface area contributed by atoms with E-state index in [2.05, 4.69) is 66.1 Å². The minimum Gasteiger partial charge on any atom is -0.441 e. The molecule has 2 rings (SSSR count). The van der Waals surface area contributed by atoms with Crippen molar-refractivity contribution >= 4 is 15.9 Å². The fourth-order valence-corrected chi connectivity index (χ4v) is 2.47. The zero-order valence-corrected chi connectivity index (χ0v) is 14.8. The molecule has 0 saturated heterocycles. The molecule has 0 fully saturated rings. The molecule has 0 aliphatic heterocycles. The molecule has 114 valence electrons. The molecule has 0 saturated carbocycles. The van der Waals surface area contributed by atoms with Gasteiger partial charge in [0, 0.05) is 22.0 Å². The number of oxazole rings is 1. The Balaban J connectivity index is 1.97. The monoisotopic (exact) mass is 350 g/mol. The fourth-order valence-electron chi connectivity index (χ4n) is 2.11. The molecular weight excluding hydrogens is 328 g/mol. The molecule has 0 radical (unpaired) electrons. The Bertz CT molecular complexity index is 599. The minimum atomic E-state index is 0.162. The summed E-state index contributed by atoms with van der Waals surface area (Å²) in [7, 11) is 0. The first kappa shape index (κ1) is 16.2. The van der Waals surface area contributed by atoms with Crippen LogP contribution < -0.4 is 5.32 Å². The van der Waals surface area contributed by atoms with E-state index in [9.17, 15) is 0 Å². The summed E-state index contributed by atoms with van der Waals surface area (Å²) in [6, 6.07) is 6.18. The number of hydrogen-bond acceptors (Lipinski definition) is 3. The molecule has 0 amide bonds. The molecule has 0 aliphatic rings. The summed E-state index contributed by atoms with van der Waals surface area (Å²) in [6.07, 6.45) is 3.70. The molecule has 21 heavy (non-hydrogen) atoms. The molecule has 2 aromatic rings. The Morgan fingerprint density at radius 2 is 2.05 bits per heavy atom. The van der Waals surface area contributed by atoms with Crippen LogP contribution >= 0.6 is 15.9 Å². The Kier molecular flexibility index (Phi) is 5.22. The first-order chi connectivity index (χ1) is 9.85. The van der Waals surface area contributed by atoms with Crippen molar-refractivity contribution in [2.75, 3.05) is 6.54 Å². The number of nitrogens with one attached hydrogen (secondary N) is 1. The number of rotatable bonds is 5. The van der Waals surface area contributed by atoms with Gasteiger partial charge in [0.1, 0.15) is 0 Å². The maximum Gasteiger partial charge on any atom is 0.194 e. The summed E-state index contributed by atoms with van der Waals surface area (Å²) in [5.41, 5.74) is 2.45. The first-order valence-electron chi connectivity index (χ1n) is 7.31. The average Bonchev–Trinajstić information content (AvgIpc) is 2.85. The van der Waals surface area contributed by atoms with Crippen LogP contribution in [0, 0.1) is 6.92 Å². The number of nitrogens with zero attached hydrogens (tertiary/aromatic N) is 1. The van der Waals surface area contributed by atoms with Gasteiger partial charge in [-0.1, -0.05) is 22.0 Å². The van der Waals surface area contributed by atoms with E-state index in [1.54, 1.807) is 0 Å². The topological polar surface area (TPSA) is 38.1 Å². The van der Waals surface area contributed by atoms with Gasteiger partial charge in [0.15, 0.2) is 11.7 Å². The van der Waals surface area contributed by atoms with E-state index in [0.717, 1.165) is 41.1 Å². The molecule has 3 nitrogen and oxygen atoms in total. The fraction of sp³-hybridized carbons (Fsp3) is 0.471. The Hall–Kier alpha value is -1.13. The third-order valence-electron chi connectivity index (χ3n) is 3.24. The standard InChI is InChI=1S/C17H23BrN2O/c1-12-7-8-13(18)10-14(12)15-11-19-16(21-15)6-5-9-20-17(2,3)4/h7-8,10-11,20H,5-6,9H2,1-4H3. The minimum absolute atomic E-state index is 0.162. The second kappa shape index (κ2) is 6.75. The van der Waals surface area contributed by atoms with Crippen LogP contribution in [0.2, 0.25) is 0 Å². The number of halogens is 1. The predicted molar refractivity (Wildman–Crippen MR) is 90.5 cm³/mol. The summed E-state index contributed by atoms with van der Waals surface area (Å²) in [5, 5.41) is 3.47. The number of aryl methyl sites for hydroxylation is 2. The van der Waals surface area contributed by atoms with Crippen LogP contribution in [-0.4, -0.2) is 17.1 Å². The lowest BCUT2D eigenvalue weighted by Crippen LogP contribution is -2.36. The second-order valence-corrected chi connectivity index (χ2v) is 7.27. The molecular formula is C17H23BrN2O. The van der Waals surface area contributed by atoms with Crippen molar-refractivity contribution < 1.29 is 4.42 Å². The van der Waals surface area contributed by atoms with Crippen LogP contribution in [0.3, 0.4) is 0 Å². The smallest absolute Gasteiger partial charge is 0.194 e. The lowest BCUT2D eigenvalue weighted by atomic mass is 10.1. The van der Waals surface area contributed by atoms with Crippen molar-refractivity contribution in [1.29, 1.82) is 0 Å². The highest BCUT2D eigenvalue weighted by atomic mass is 79.9. The van der Waals surface area contributed by atoms with Gasteiger partial charge in [-0.2, -0.15) is 0 Å². The number of benzene rings is 1. The van der Waals surface area contributed by atoms with Gasteiger partial charge in [-0.25, -0.2) is 4.98 Å². The first-order valence-corrected chi connectivity index (χ1v) is 8.11. The van der Waals surface area contributed by atoms with Crippen molar-refractivity contribution in [1.82, 2.24) is 10.3 Å². The van der Waals surface area contributed by atoms with Crippen molar-refractivity contribution in [2.24, 2.45) is 0 Å². The van der Waals surface area contributed by atoms with Crippen molar-refractivity contribution in [2.45, 2.75) is 46.1 Å². The summed E-state index contributed by atoms with van der Waals surface area (Å²) in [5.74, 6) is 1.65. The van der Waals surface area contributed by atoms with E-state index in [-0.39, 0.29) is 5.54 Å². The van der Waals surface area contributed by atoms with E-state index in [0.29, 0.717) is 0 Å². The van der Waals surface area contributed by atoms with Crippen LogP contribution in [0.1, 0.15) is 38.6 Å². The van der Waals surface area contributed by atoms with Crippen molar-refractivity contribution in [3.05, 3.63) is 40.3 Å². The second-order valence-electron chi connectivity index (χ2n) is 6.36. The molecule has 1 N–H and O–H groups in total. The van der Waals surface area contributed by atoms with Gasteiger partial charge < -0.3 is 9.73 Å². The highest BCUT2D eigenvalue weighted by Crippen LogP contribution is 2.27. The van der Waals surface area contributed by atoms with Gasteiger partial charge in [0.25, 0.3) is 0 Å². The quantitative estimate of drug-likeness (QED) is 0.791. The van der Waals surface area contributed by atoms with Gasteiger partial charge in [-0.05, 0) is 58.4 Å². The number of aromatic nitrogens is 1. The van der Waals surface area contributed by atoms with E-state index < -0.39 is 0 Å². The predicted octanol–water partition coefficient (Wildman–Crippen LogP) is 4.73. The van der Waals surface area contributed by atoms with E-state index >= 15 is 0 Å². The molecule has 1 aromatic heterocycles. The van der Waals surface area contributed by atoms with Gasteiger partial charge in [0.2, 0.25) is 0 Å². The van der Waals surface area contributed by atoms with Crippen molar-refractivity contribution in [3.8, 4) is 11.3 Å². The Morgan fingerprint density at radius 1 is 1.29 bits per heavy atom. The highest BCUT2D eigenvalue weighted by Gasteiger charge is 2.11. The molecule has 0 unspecified atom stereocenters. The van der Waals surface area contributed by atoms with Crippen LogP contribution in [-0.2, 0) is 6.42 Å². The third kappa shape index (κ3) is 4.97. The molecule has 0 bridgehead atoms. The highest BCUT2D eigenvalue weighted by molar-refractivity contribution is 9.10. The molecule has 0 atom stereocenters. The molecule has 1 heterocycles. The zero-order chi connectivity index (χ0) is 15.5. The number of hydrogen-bond donors (Lipinski definition) is 1. The molecule has 0 spiro atoms. The van der Waals surface area contributed by atoms with Crippen LogP contribution in [0.25, 0.3) is 11.3 Å². The van der Waals surface area contributed by atoms with Gasteiger partial charge >= 0.3 is 0 Å². The van der Waals surface area contributed by atoms with Crippen molar-refractivity contribution in [3.63, 3.8) is 0 Å². The lowest BCUT2D eigenvalue weighted by Gasteiger charge is -2.20. The van der Waals surface area contributed by atoms with Gasteiger partial charge in [-0.3, -0.25) is 0 Å². The maximum atomic E-state index is 5.88. The zero-order valence-electron chi connectivity index (χ0n) is 13.2. The Morgan fingerprint density at radius 3 is 2.76 bits per heavy atom. The summed E-state index contributed by atoms with van der Waals surface area (Å²) in [4.78, 5) is 4.39. The summed E-state index contributed by atoms with van der Waals surface area (Å²) >= 11 is 3.50. The molecule has 0 aliphatic carbocycles.